The van der Waals surface area contributed by atoms with Crippen LogP contribution >= 0.6 is 24.0 Å². The van der Waals surface area contributed by atoms with Crippen molar-refractivity contribution >= 4 is 40.3 Å². The van der Waals surface area contributed by atoms with Gasteiger partial charge in [-0.2, -0.15) is 0 Å². The van der Waals surface area contributed by atoms with Crippen molar-refractivity contribution in [3.63, 3.8) is 0 Å². The van der Waals surface area contributed by atoms with Crippen molar-refractivity contribution in [2.75, 3.05) is 19.8 Å². The lowest BCUT2D eigenvalue weighted by Gasteiger charge is -2.11. The van der Waals surface area contributed by atoms with E-state index in [0.29, 0.717) is 15.8 Å². The highest BCUT2D eigenvalue weighted by Gasteiger charge is 2.31. The van der Waals surface area contributed by atoms with Crippen LogP contribution in [0.3, 0.4) is 0 Å². The van der Waals surface area contributed by atoms with Gasteiger partial charge in [0.1, 0.15) is 10.1 Å². The van der Waals surface area contributed by atoms with E-state index in [0.717, 1.165) is 17.7 Å². The van der Waals surface area contributed by atoms with Crippen LogP contribution in [-0.4, -0.2) is 40.0 Å². The molecule has 1 saturated heterocycles. The number of para-hydroxylation sites is 1. The number of nitrogens with zero attached hydrogens (tertiary/aromatic N) is 1. The minimum absolute atomic E-state index is 0.101. The van der Waals surface area contributed by atoms with Crippen LogP contribution < -0.4 is 4.74 Å². The summed E-state index contributed by atoms with van der Waals surface area (Å²) < 4.78 is 6.16. The van der Waals surface area contributed by atoms with Crippen molar-refractivity contribution < 1.29 is 14.6 Å². The standard InChI is InChI=1S/C15H17NO3S2/c1-2-9-19-12-6-4-3-5-11(12)10-13-14(18)16(7-8-17)15(20)21-13/h3-6,10,17H,2,7-9H2,1H3/b13-10-. The number of ether oxygens (including phenoxy) is 1. The van der Waals surface area contributed by atoms with E-state index < -0.39 is 0 Å². The van der Waals surface area contributed by atoms with Gasteiger partial charge in [-0.3, -0.25) is 9.69 Å². The molecule has 1 heterocycles. The van der Waals surface area contributed by atoms with Crippen LogP contribution in [0.25, 0.3) is 6.08 Å². The van der Waals surface area contributed by atoms with Gasteiger partial charge in [0.05, 0.1) is 24.7 Å². The molecule has 1 amide bonds. The Kier molecular flexibility index (Phi) is 5.78. The molecule has 0 unspecified atom stereocenters. The lowest BCUT2D eigenvalue weighted by molar-refractivity contribution is -0.122. The fourth-order valence-corrected chi connectivity index (χ4v) is 3.18. The molecule has 4 nitrogen and oxygen atoms in total. The number of amides is 1. The third-order valence-electron chi connectivity index (χ3n) is 2.86. The van der Waals surface area contributed by atoms with E-state index in [9.17, 15) is 4.79 Å². The van der Waals surface area contributed by atoms with Crippen LogP contribution in [-0.2, 0) is 4.79 Å². The fraction of sp³-hybridized carbons (Fsp3) is 0.333. The van der Waals surface area contributed by atoms with E-state index in [4.69, 9.17) is 22.1 Å². The molecule has 1 aliphatic rings. The lowest BCUT2D eigenvalue weighted by Crippen LogP contribution is -2.30. The summed E-state index contributed by atoms with van der Waals surface area (Å²) in [6.45, 7) is 2.81. The first-order valence-electron chi connectivity index (χ1n) is 6.75. The summed E-state index contributed by atoms with van der Waals surface area (Å²) in [5.74, 6) is 0.594. The predicted octanol–water partition coefficient (Wildman–Crippen LogP) is 2.67. The van der Waals surface area contributed by atoms with Gasteiger partial charge in [-0.15, -0.1) is 0 Å². The number of hydrogen-bond acceptors (Lipinski definition) is 5. The number of thioether (sulfide) groups is 1. The Bertz CT molecular complexity index is 572. The molecule has 21 heavy (non-hydrogen) atoms. The maximum absolute atomic E-state index is 12.2. The Labute approximate surface area is 133 Å². The zero-order chi connectivity index (χ0) is 15.2. The van der Waals surface area contributed by atoms with Crippen LogP contribution in [0.2, 0.25) is 0 Å². The van der Waals surface area contributed by atoms with E-state index in [1.54, 1.807) is 6.08 Å². The van der Waals surface area contributed by atoms with Crippen molar-refractivity contribution in [3.05, 3.63) is 34.7 Å². The summed E-state index contributed by atoms with van der Waals surface area (Å²) in [6, 6.07) is 7.60. The van der Waals surface area contributed by atoms with Crippen molar-refractivity contribution in [3.8, 4) is 5.75 Å². The van der Waals surface area contributed by atoms with Gasteiger partial charge in [-0.1, -0.05) is 49.1 Å². The molecule has 0 saturated carbocycles. The van der Waals surface area contributed by atoms with E-state index in [1.165, 1.54) is 16.7 Å². The van der Waals surface area contributed by atoms with Gasteiger partial charge >= 0.3 is 0 Å². The zero-order valence-electron chi connectivity index (χ0n) is 11.7. The van der Waals surface area contributed by atoms with E-state index in [-0.39, 0.29) is 19.1 Å². The molecule has 0 aliphatic carbocycles. The smallest absolute Gasteiger partial charge is 0.266 e. The zero-order valence-corrected chi connectivity index (χ0v) is 13.4. The number of rotatable bonds is 6. The molecule has 1 aromatic carbocycles. The highest BCUT2D eigenvalue weighted by atomic mass is 32.2. The normalized spacial score (nSPS) is 16.9. The molecule has 0 radical (unpaired) electrons. The molecule has 0 bridgehead atoms. The Morgan fingerprint density at radius 2 is 2.19 bits per heavy atom. The van der Waals surface area contributed by atoms with Crippen molar-refractivity contribution in [1.29, 1.82) is 0 Å². The van der Waals surface area contributed by atoms with Gasteiger partial charge < -0.3 is 9.84 Å². The summed E-state index contributed by atoms with van der Waals surface area (Å²) >= 11 is 6.42. The van der Waals surface area contributed by atoms with Crippen LogP contribution in [0.1, 0.15) is 18.9 Å². The van der Waals surface area contributed by atoms with Crippen LogP contribution in [0.15, 0.2) is 29.2 Å². The molecular formula is C15H17NO3S2. The molecule has 2 rings (SSSR count). The lowest BCUT2D eigenvalue weighted by atomic mass is 10.2. The highest BCUT2D eigenvalue weighted by Crippen LogP contribution is 2.33. The van der Waals surface area contributed by atoms with Gasteiger partial charge in [-0.25, -0.2) is 0 Å². The monoisotopic (exact) mass is 323 g/mol. The Hall–Kier alpha value is -1.37. The number of carbonyl (C=O) groups excluding carboxylic acids is 1. The summed E-state index contributed by atoms with van der Waals surface area (Å²) in [7, 11) is 0. The van der Waals surface area contributed by atoms with Crippen molar-refractivity contribution in [2.24, 2.45) is 0 Å². The fourth-order valence-electron chi connectivity index (χ4n) is 1.88. The SMILES string of the molecule is CCCOc1ccccc1/C=C1\SC(=S)N(CCO)C1=O. The highest BCUT2D eigenvalue weighted by molar-refractivity contribution is 8.26. The second-order valence-electron chi connectivity index (χ2n) is 4.44. The Morgan fingerprint density at radius 3 is 2.90 bits per heavy atom. The Balaban J connectivity index is 2.24. The van der Waals surface area contributed by atoms with Gasteiger partial charge in [0, 0.05) is 5.56 Å². The molecule has 1 N–H and O–H groups in total. The summed E-state index contributed by atoms with van der Waals surface area (Å²) in [6.07, 6.45) is 2.72. The second-order valence-corrected chi connectivity index (χ2v) is 6.12. The van der Waals surface area contributed by atoms with Gasteiger partial charge in [0.25, 0.3) is 5.91 Å². The second kappa shape index (κ2) is 7.59. The van der Waals surface area contributed by atoms with Gasteiger partial charge in [-0.05, 0) is 18.6 Å². The first-order valence-corrected chi connectivity index (χ1v) is 7.98. The molecular weight excluding hydrogens is 306 g/mol. The van der Waals surface area contributed by atoms with Crippen LogP contribution in [0.4, 0.5) is 0 Å². The number of hydrogen-bond donors (Lipinski definition) is 1. The molecule has 1 aromatic rings. The largest absolute Gasteiger partial charge is 0.493 e. The first-order chi connectivity index (χ1) is 10.2. The maximum atomic E-state index is 12.2. The number of aliphatic hydroxyl groups excluding tert-OH is 1. The Morgan fingerprint density at radius 1 is 1.43 bits per heavy atom. The van der Waals surface area contributed by atoms with Crippen molar-refractivity contribution in [1.82, 2.24) is 4.90 Å². The quantitative estimate of drug-likeness (QED) is 0.644. The topological polar surface area (TPSA) is 49.8 Å². The summed E-state index contributed by atoms with van der Waals surface area (Å²) in [5, 5.41) is 8.98. The van der Waals surface area contributed by atoms with E-state index in [2.05, 4.69) is 0 Å². The molecule has 1 aliphatic heterocycles. The molecule has 112 valence electrons. The average molecular weight is 323 g/mol. The molecule has 6 heteroatoms. The van der Waals surface area contributed by atoms with Crippen molar-refractivity contribution in [2.45, 2.75) is 13.3 Å². The number of aliphatic hydroxyl groups is 1. The number of thiocarbonyl (C=S) groups is 1. The average Bonchev–Trinajstić information content (AvgIpc) is 2.74. The number of carbonyl (C=O) groups is 1. The van der Waals surface area contributed by atoms with Gasteiger partial charge in [0.2, 0.25) is 0 Å². The molecule has 0 atom stereocenters. The number of β-amino-alcohol motifs (C(OH)–C–C–N with tert-alkyl or cyclic N) is 1. The third kappa shape index (κ3) is 3.84. The third-order valence-corrected chi connectivity index (χ3v) is 4.24. The number of benzene rings is 1. The predicted molar refractivity (Wildman–Crippen MR) is 89.2 cm³/mol. The summed E-state index contributed by atoms with van der Waals surface area (Å²) in [5.41, 5.74) is 0.857. The molecule has 0 spiro atoms. The minimum Gasteiger partial charge on any atom is -0.493 e. The first kappa shape index (κ1) is 16.0. The minimum atomic E-state index is -0.163. The molecule has 1 fully saturated rings. The van der Waals surface area contributed by atoms with E-state index in [1.807, 2.05) is 31.2 Å². The van der Waals surface area contributed by atoms with Crippen LogP contribution in [0, 0.1) is 0 Å². The maximum Gasteiger partial charge on any atom is 0.266 e. The van der Waals surface area contributed by atoms with Gasteiger partial charge in [0.15, 0.2) is 0 Å². The molecule has 0 aromatic heterocycles. The summed E-state index contributed by atoms with van der Waals surface area (Å²) in [4.78, 5) is 14.2. The van der Waals surface area contributed by atoms with Crippen LogP contribution in [0.5, 0.6) is 5.75 Å². The van der Waals surface area contributed by atoms with E-state index >= 15 is 0 Å².